The maximum absolute atomic E-state index is 11.3. The van der Waals surface area contributed by atoms with E-state index in [9.17, 15) is 14.7 Å². The molecular weight excluding hydrogens is 184 g/mol. The van der Waals surface area contributed by atoms with Gasteiger partial charge in [0.2, 0.25) is 5.91 Å². The number of hydrogen-bond acceptors (Lipinski definition) is 3. The zero-order valence-corrected chi connectivity index (χ0v) is 8.92. The molecule has 0 radical (unpaired) electrons. The van der Waals surface area contributed by atoms with Gasteiger partial charge in [-0.25, -0.2) is 4.79 Å². The number of aliphatic carboxylic acids is 1. The molecule has 5 heteroatoms. The second-order valence-electron chi connectivity index (χ2n) is 4.57. The summed E-state index contributed by atoms with van der Waals surface area (Å²) in [7, 11) is 1.52. The molecule has 0 aliphatic carbocycles. The largest absolute Gasteiger partial charge is 0.478 e. The van der Waals surface area contributed by atoms with Crippen LogP contribution < -0.4 is 5.32 Å². The lowest BCUT2D eigenvalue weighted by Gasteiger charge is -2.42. The van der Waals surface area contributed by atoms with Crippen molar-refractivity contribution in [3.8, 4) is 0 Å². The van der Waals surface area contributed by atoms with E-state index in [0.29, 0.717) is 0 Å². The molecule has 0 bridgehead atoms. The summed E-state index contributed by atoms with van der Waals surface area (Å²) in [5, 5.41) is 12.0. The molecule has 1 fully saturated rings. The first-order valence-corrected chi connectivity index (χ1v) is 4.48. The van der Waals surface area contributed by atoms with E-state index in [-0.39, 0.29) is 12.5 Å². The molecule has 1 heterocycles. The molecule has 0 aromatic heterocycles. The Kier molecular flexibility index (Phi) is 2.31. The number of carbonyl (C=O) groups excluding carboxylic acids is 1. The number of carboxylic acids is 1. The topological polar surface area (TPSA) is 69.6 Å². The van der Waals surface area contributed by atoms with E-state index in [4.69, 9.17) is 0 Å². The number of nitrogens with one attached hydrogen (secondary N) is 1. The summed E-state index contributed by atoms with van der Waals surface area (Å²) in [5.41, 5.74) is -1.84. The lowest BCUT2D eigenvalue weighted by atomic mass is 9.80. The van der Waals surface area contributed by atoms with Crippen LogP contribution in [0, 0.1) is 5.41 Å². The first-order chi connectivity index (χ1) is 6.23. The molecule has 2 N–H and O–H groups in total. The Labute approximate surface area is 83.1 Å². The van der Waals surface area contributed by atoms with Gasteiger partial charge < -0.3 is 10.0 Å². The molecule has 5 nitrogen and oxygen atoms in total. The van der Waals surface area contributed by atoms with Crippen molar-refractivity contribution in [2.75, 3.05) is 13.6 Å². The van der Waals surface area contributed by atoms with Crippen LogP contribution in [0.15, 0.2) is 0 Å². The Hall–Kier alpha value is -1.10. The summed E-state index contributed by atoms with van der Waals surface area (Å²) in [6, 6.07) is 0. The lowest BCUT2D eigenvalue weighted by molar-refractivity contribution is -0.162. The molecule has 0 spiro atoms. The Morgan fingerprint density at radius 3 is 2.21 bits per heavy atom. The van der Waals surface area contributed by atoms with Crippen LogP contribution >= 0.6 is 0 Å². The minimum Gasteiger partial charge on any atom is -0.478 e. The van der Waals surface area contributed by atoms with Crippen molar-refractivity contribution in [1.82, 2.24) is 10.2 Å². The van der Waals surface area contributed by atoms with E-state index < -0.39 is 17.0 Å². The van der Waals surface area contributed by atoms with Crippen LogP contribution in [0.25, 0.3) is 0 Å². The average Bonchev–Trinajstić information content (AvgIpc) is 2.28. The summed E-state index contributed by atoms with van der Waals surface area (Å²) < 4.78 is 0. The third-order valence-electron chi connectivity index (χ3n) is 2.77. The van der Waals surface area contributed by atoms with Crippen molar-refractivity contribution >= 4 is 11.9 Å². The molecule has 1 amide bonds. The summed E-state index contributed by atoms with van der Waals surface area (Å²) in [6.07, 6.45) is 0. The van der Waals surface area contributed by atoms with Crippen LogP contribution in [0.1, 0.15) is 20.8 Å². The molecule has 0 saturated carbocycles. The smallest absolute Gasteiger partial charge is 0.345 e. The van der Waals surface area contributed by atoms with E-state index in [2.05, 4.69) is 5.32 Å². The second kappa shape index (κ2) is 2.95. The normalized spacial score (nSPS) is 28.3. The molecule has 1 aliphatic heterocycles. The van der Waals surface area contributed by atoms with Gasteiger partial charge in [-0.3, -0.25) is 10.1 Å². The second-order valence-corrected chi connectivity index (χ2v) is 4.57. The first kappa shape index (κ1) is 11.0. The molecule has 1 rings (SSSR count). The van der Waals surface area contributed by atoms with Crippen molar-refractivity contribution in [1.29, 1.82) is 0 Å². The van der Waals surface area contributed by atoms with Crippen LogP contribution in [-0.2, 0) is 9.59 Å². The molecule has 1 atom stereocenters. The molecule has 80 valence electrons. The van der Waals surface area contributed by atoms with Gasteiger partial charge in [-0.1, -0.05) is 20.8 Å². The minimum absolute atomic E-state index is 0.0834. The number of nitrogens with zero attached hydrogens (tertiary/aromatic N) is 1. The van der Waals surface area contributed by atoms with Gasteiger partial charge in [0.1, 0.15) is 0 Å². The fraction of sp³-hybridized carbons (Fsp3) is 0.778. The monoisotopic (exact) mass is 200 g/mol. The zero-order chi connectivity index (χ0) is 11.1. The molecule has 1 aliphatic rings. The quantitative estimate of drug-likeness (QED) is 0.619. The highest BCUT2D eigenvalue weighted by atomic mass is 16.4. The maximum Gasteiger partial charge on any atom is 0.345 e. The average molecular weight is 200 g/mol. The molecule has 0 aromatic carbocycles. The van der Waals surface area contributed by atoms with Gasteiger partial charge in [0.15, 0.2) is 5.66 Å². The highest BCUT2D eigenvalue weighted by Crippen LogP contribution is 2.35. The van der Waals surface area contributed by atoms with Crippen LogP contribution in [0.5, 0.6) is 0 Å². The van der Waals surface area contributed by atoms with Crippen molar-refractivity contribution < 1.29 is 14.7 Å². The van der Waals surface area contributed by atoms with Crippen LogP contribution in [0.3, 0.4) is 0 Å². The van der Waals surface area contributed by atoms with Crippen molar-refractivity contribution in [3.05, 3.63) is 0 Å². The Balaban J connectivity index is 3.20. The molecule has 1 saturated heterocycles. The fourth-order valence-corrected chi connectivity index (χ4v) is 1.94. The van der Waals surface area contributed by atoms with Crippen molar-refractivity contribution in [3.63, 3.8) is 0 Å². The predicted octanol–water partition coefficient (Wildman–Crippen LogP) is -0.125. The fourth-order valence-electron chi connectivity index (χ4n) is 1.94. The summed E-state index contributed by atoms with van der Waals surface area (Å²) in [5.74, 6) is -1.21. The highest BCUT2D eigenvalue weighted by Gasteiger charge is 2.57. The highest BCUT2D eigenvalue weighted by molar-refractivity contribution is 5.91. The third-order valence-corrected chi connectivity index (χ3v) is 2.77. The van der Waals surface area contributed by atoms with Gasteiger partial charge in [0.05, 0.1) is 6.54 Å². The van der Waals surface area contributed by atoms with E-state index in [1.807, 2.05) is 0 Å². The van der Waals surface area contributed by atoms with Gasteiger partial charge in [-0.2, -0.15) is 0 Å². The van der Waals surface area contributed by atoms with Crippen molar-refractivity contribution in [2.45, 2.75) is 26.4 Å². The first-order valence-electron chi connectivity index (χ1n) is 4.48. The van der Waals surface area contributed by atoms with Gasteiger partial charge in [0, 0.05) is 12.5 Å². The number of likely N-dealkylation sites (N-methyl/N-ethyl adjacent to an activating group) is 1. The van der Waals surface area contributed by atoms with Gasteiger partial charge in [-0.15, -0.1) is 0 Å². The van der Waals surface area contributed by atoms with Gasteiger partial charge in [0.25, 0.3) is 0 Å². The predicted molar refractivity (Wildman–Crippen MR) is 50.6 cm³/mol. The summed E-state index contributed by atoms with van der Waals surface area (Å²) in [4.78, 5) is 23.9. The molecule has 14 heavy (non-hydrogen) atoms. The van der Waals surface area contributed by atoms with E-state index in [0.717, 1.165) is 0 Å². The van der Waals surface area contributed by atoms with Crippen molar-refractivity contribution in [2.24, 2.45) is 5.41 Å². The van der Waals surface area contributed by atoms with Gasteiger partial charge >= 0.3 is 5.97 Å². The third kappa shape index (κ3) is 1.19. The number of carboxylic acid groups (broad SMARTS) is 1. The molecular formula is C9H16N2O3. The zero-order valence-electron chi connectivity index (χ0n) is 8.92. The van der Waals surface area contributed by atoms with Crippen LogP contribution in [0.4, 0.5) is 0 Å². The summed E-state index contributed by atoms with van der Waals surface area (Å²) >= 11 is 0. The Morgan fingerprint density at radius 2 is 2.07 bits per heavy atom. The standard InChI is InChI=1S/C9H16N2O3/c1-8(2,3)9(7(13)14)10-5-6(12)11(9)4/h10H,5H2,1-4H3,(H,13,14). The number of amides is 1. The summed E-state index contributed by atoms with van der Waals surface area (Å²) in [6.45, 7) is 5.47. The van der Waals surface area contributed by atoms with Crippen LogP contribution in [-0.4, -0.2) is 41.1 Å². The minimum atomic E-state index is -1.29. The number of carbonyl (C=O) groups is 2. The number of hydrogen-bond donors (Lipinski definition) is 2. The van der Waals surface area contributed by atoms with Crippen LogP contribution in [0.2, 0.25) is 0 Å². The van der Waals surface area contributed by atoms with E-state index >= 15 is 0 Å². The molecule has 0 aromatic rings. The van der Waals surface area contributed by atoms with E-state index in [1.165, 1.54) is 11.9 Å². The number of rotatable bonds is 1. The van der Waals surface area contributed by atoms with Gasteiger partial charge in [-0.05, 0) is 0 Å². The maximum atomic E-state index is 11.3. The Morgan fingerprint density at radius 1 is 1.57 bits per heavy atom. The Bertz CT molecular complexity index is 282. The molecule has 1 unspecified atom stereocenters. The SMILES string of the molecule is CN1C(=O)CNC1(C(=O)O)C(C)(C)C. The van der Waals surface area contributed by atoms with E-state index in [1.54, 1.807) is 20.8 Å². The lowest BCUT2D eigenvalue weighted by Crippen LogP contribution is -2.65.